The van der Waals surface area contributed by atoms with Crippen LogP contribution in [-0.2, 0) is 13.0 Å². The van der Waals surface area contributed by atoms with Crippen LogP contribution in [0.1, 0.15) is 39.3 Å². The lowest BCUT2D eigenvalue weighted by Crippen LogP contribution is -2.38. The first-order valence-electron chi connectivity index (χ1n) is 8.74. The lowest BCUT2D eigenvalue weighted by molar-refractivity contribution is 0.149. The first kappa shape index (κ1) is 16.1. The van der Waals surface area contributed by atoms with Crippen molar-refractivity contribution >= 4 is 0 Å². The lowest BCUT2D eigenvalue weighted by Gasteiger charge is -2.34. The Morgan fingerprint density at radius 2 is 1.96 bits per heavy atom. The maximum absolute atomic E-state index is 4.64. The largest absolute Gasteiger partial charge is 0.301 e. The molecule has 0 aliphatic carbocycles. The van der Waals surface area contributed by atoms with Crippen LogP contribution < -0.4 is 0 Å². The molecule has 23 heavy (non-hydrogen) atoms. The molecule has 2 aromatic heterocycles. The molecule has 0 spiro atoms. The number of likely N-dealkylation sites (tertiary alicyclic amines) is 1. The second-order valence-corrected chi connectivity index (χ2v) is 6.70. The minimum atomic E-state index is 0.665. The number of nitrogens with zero attached hydrogens (tertiary/aromatic N) is 5. The van der Waals surface area contributed by atoms with Crippen molar-refractivity contribution in [3.05, 3.63) is 30.4 Å². The third-order valence-electron chi connectivity index (χ3n) is 4.86. The van der Waals surface area contributed by atoms with Crippen molar-refractivity contribution in [3.8, 4) is 11.4 Å². The molecule has 1 saturated heterocycles. The average molecular weight is 313 g/mol. The second kappa shape index (κ2) is 7.21. The van der Waals surface area contributed by atoms with E-state index in [4.69, 9.17) is 0 Å². The Hall–Kier alpha value is -1.75. The minimum absolute atomic E-state index is 0.665. The first-order chi connectivity index (χ1) is 11.2. The molecular formula is C18H27N5. The molecule has 5 nitrogen and oxygen atoms in total. The van der Waals surface area contributed by atoms with Gasteiger partial charge in [0, 0.05) is 25.0 Å². The molecule has 2 aromatic rings. The van der Waals surface area contributed by atoms with E-state index >= 15 is 0 Å². The van der Waals surface area contributed by atoms with Gasteiger partial charge in [-0.2, -0.15) is 5.10 Å². The van der Waals surface area contributed by atoms with Gasteiger partial charge in [-0.05, 0) is 65.1 Å². The van der Waals surface area contributed by atoms with Crippen molar-refractivity contribution in [3.63, 3.8) is 0 Å². The van der Waals surface area contributed by atoms with Gasteiger partial charge in [0.2, 0.25) is 0 Å². The van der Waals surface area contributed by atoms with Gasteiger partial charge in [0.15, 0.2) is 0 Å². The third-order valence-corrected chi connectivity index (χ3v) is 4.86. The van der Waals surface area contributed by atoms with Gasteiger partial charge >= 0.3 is 0 Å². The zero-order valence-electron chi connectivity index (χ0n) is 14.4. The number of aryl methyl sites for hydroxylation is 1. The highest BCUT2D eigenvalue weighted by atomic mass is 15.3. The van der Waals surface area contributed by atoms with Crippen molar-refractivity contribution in [2.45, 2.75) is 52.6 Å². The summed E-state index contributed by atoms with van der Waals surface area (Å²) in [6.45, 7) is 9.92. The Bertz CT molecular complexity index is 609. The average Bonchev–Trinajstić information content (AvgIpc) is 3.05. The predicted octanol–water partition coefficient (Wildman–Crippen LogP) is 3.02. The SMILES string of the molecule is CCn1nccc1-c1cnc(CC2CCN(C(C)C)CC2)cn1. The van der Waals surface area contributed by atoms with Crippen LogP contribution in [0.5, 0.6) is 0 Å². The van der Waals surface area contributed by atoms with Crippen LogP contribution in [-0.4, -0.2) is 43.8 Å². The third kappa shape index (κ3) is 3.78. The van der Waals surface area contributed by atoms with Crippen LogP contribution in [0.3, 0.4) is 0 Å². The molecule has 1 fully saturated rings. The van der Waals surface area contributed by atoms with E-state index in [1.54, 1.807) is 0 Å². The van der Waals surface area contributed by atoms with Gasteiger partial charge in [-0.1, -0.05) is 0 Å². The van der Waals surface area contributed by atoms with Crippen molar-refractivity contribution < 1.29 is 0 Å². The van der Waals surface area contributed by atoms with Crippen LogP contribution in [0.25, 0.3) is 11.4 Å². The summed E-state index contributed by atoms with van der Waals surface area (Å²) in [6, 6.07) is 2.66. The monoisotopic (exact) mass is 313 g/mol. The minimum Gasteiger partial charge on any atom is -0.301 e. The summed E-state index contributed by atoms with van der Waals surface area (Å²) in [4.78, 5) is 11.8. The Balaban J connectivity index is 1.60. The highest BCUT2D eigenvalue weighted by Crippen LogP contribution is 2.22. The lowest BCUT2D eigenvalue weighted by atomic mass is 9.92. The number of hydrogen-bond donors (Lipinski definition) is 0. The van der Waals surface area contributed by atoms with E-state index in [1.165, 1.54) is 25.9 Å². The molecule has 124 valence electrons. The summed E-state index contributed by atoms with van der Waals surface area (Å²) >= 11 is 0. The fourth-order valence-electron chi connectivity index (χ4n) is 3.36. The van der Waals surface area contributed by atoms with Crippen LogP contribution in [0.4, 0.5) is 0 Å². The zero-order chi connectivity index (χ0) is 16.2. The normalized spacial score (nSPS) is 17.0. The van der Waals surface area contributed by atoms with Crippen molar-refractivity contribution in [2.24, 2.45) is 5.92 Å². The van der Waals surface area contributed by atoms with Crippen LogP contribution in [0.15, 0.2) is 24.7 Å². The maximum atomic E-state index is 4.64. The predicted molar refractivity (Wildman–Crippen MR) is 92.1 cm³/mol. The topological polar surface area (TPSA) is 46.8 Å². The Kier molecular flexibility index (Phi) is 5.06. The summed E-state index contributed by atoms with van der Waals surface area (Å²) in [5, 5.41) is 4.29. The molecule has 0 saturated carbocycles. The molecule has 3 rings (SSSR count). The van der Waals surface area contributed by atoms with Gasteiger partial charge in [-0.3, -0.25) is 14.6 Å². The molecule has 0 aromatic carbocycles. The number of rotatable bonds is 5. The molecule has 0 unspecified atom stereocenters. The highest BCUT2D eigenvalue weighted by Gasteiger charge is 2.21. The van der Waals surface area contributed by atoms with Gasteiger partial charge in [0.05, 0.1) is 17.6 Å². The summed E-state index contributed by atoms with van der Waals surface area (Å²) in [5.74, 6) is 0.742. The molecule has 1 aliphatic rings. The smallest absolute Gasteiger partial charge is 0.107 e. The summed E-state index contributed by atoms with van der Waals surface area (Å²) in [5.41, 5.74) is 3.05. The molecule has 0 bridgehead atoms. The van der Waals surface area contributed by atoms with Crippen LogP contribution >= 0.6 is 0 Å². The van der Waals surface area contributed by atoms with E-state index in [0.717, 1.165) is 36.0 Å². The van der Waals surface area contributed by atoms with Gasteiger partial charge < -0.3 is 4.90 Å². The van der Waals surface area contributed by atoms with Gasteiger partial charge in [0.25, 0.3) is 0 Å². The first-order valence-corrected chi connectivity index (χ1v) is 8.74. The molecule has 0 atom stereocenters. The number of piperidine rings is 1. The van der Waals surface area contributed by atoms with Crippen molar-refractivity contribution in [1.29, 1.82) is 0 Å². The van der Waals surface area contributed by atoms with E-state index in [1.807, 2.05) is 29.3 Å². The second-order valence-electron chi connectivity index (χ2n) is 6.70. The van der Waals surface area contributed by atoms with Crippen molar-refractivity contribution in [2.75, 3.05) is 13.1 Å². The standard InChI is InChI=1S/C18H27N5/c1-4-23-18(5-8-21-23)17-13-19-16(12-20-17)11-15-6-9-22(10-7-15)14(2)3/h5,8,12-15H,4,6-7,9-11H2,1-3H3. The van der Waals surface area contributed by atoms with Gasteiger partial charge in [-0.15, -0.1) is 0 Å². The molecule has 1 aliphatic heterocycles. The van der Waals surface area contributed by atoms with Crippen LogP contribution in [0.2, 0.25) is 0 Å². The summed E-state index contributed by atoms with van der Waals surface area (Å²) in [7, 11) is 0. The Morgan fingerprint density at radius 1 is 1.17 bits per heavy atom. The van der Waals surface area contributed by atoms with Gasteiger partial charge in [-0.25, -0.2) is 0 Å². The summed E-state index contributed by atoms with van der Waals surface area (Å²) < 4.78 is 1.95. The molecule has 0 radical (unpaired) electrons. The molecule has 5 heteroatoms. The fraction of sp³-hybridized carbons (Fsp3) is 0.611. The van der Waals surface area contributed by atoms with E-state index < -0.39 is 0 Å². The van der Waals surface area contributed by atoms with Gasteiger partial charge in [0.1, 0.15) is 5.69 Å². The number of aromatic nitrogens is 4. The highest BCUT2D eigenvalue weighted by molar-refractivity contribution is 5.52. The molecule has 0 amide bonds. The maximum Gasteiger partial charge on any atom is 0.107 e. The quantitative estimate of drug-likeness (QED) is 0.851. The number of hydrogen-bond acceptors (Lipinski definition) is 4. The van der Waals surface area contributed by atoms with E-state index in [-0.39, 0.29) is 0 Å². The zero-order valence-corrected chi connectivity index (χ0v) is 14.4. The van der Waals surface area contributed by atoms with Crippen molar-refractivity contribution in [1.82, 2.24) is 24.6 Å². The Morgan fingerprint density at radius 3 is 2.57 bits per heavy atom. The van der Waals surface area contributed by atoms with E-state index in [9.17, 15) is 0 Å². The van der Waals surface area contributed by atoms with E-state index in [0.29, 0.717) is 6.04 Å². The molecule has 3 heterocycles. The summed E-state index contributed by atoms with van der Waals surface area (Å²) in [6.07, 6.45) is 9.23. The van der Waals surface area contributed by atoms with E-state index in [2.05, 4.69) is 40.7 Å². The Labute approximate surface area is 138 Å². The van der Waals surface area contributed by atoms with Crippen LogP contribution in [0, 0.1) is 5.92 Å². The molecule has 0 N–H and O–H groups in total. The molecular weight excluding hydrogens is 286 g/mol. The fourth-order valence-corrected chi connectivity index (χ4v) is 3.36.